The second-order valence-corrected chi connectivity index (χ2v) is 5.05. The molecule has 0 aromatic heterocycles. The Labute approximate surface area is 107 Å². The second kappa shape index (κ2) is 6.78. The Morgan fingerprint density at radius 2 is 2.25 bits per heavy atom. The fourth-order valence-corrected chi connectivity index (χ4v) is 2.66. The van der Waals surface area contributed by atoms with E-state index in [2.05, 4.69) is 21.1 Å². The fourth-order valence-electron chi connectivity index (χ4n) is 1.08. The van der Waals surface area contributed by atoms with E-state index in [9.17, 15) is 0 Å². The van der Waals surface area contributed by atoms with Crippen LogP contribution in [-0.4, -0.2) is 28.5 Å². The molecule has 1 rings (SSSR count). The molecular weight excluding hydrogens is 292 g/mol. The van der Waals surface area contributed by atoms with Crippen LogP contribution < -0.4 is 5.73 Å². The normalized spacial score (nSPS) is 11.8. The Bertz CT molecular complexity index is 385. The molecule has 0 unspecified atom stereocenters. The molecule has 0 radical (unpaired) electrons. The zero-order chi connectivity index (χ0) is 12.0. The van der Waals surface area contributed by atoms with E-state index < -0.39 is 0 Å². The van der Waals surface area contributed by atoms with Crippen LogP contribution in [-0.2, 0) is 0 Å². The molecule has 1 aromatic rings. The molecule has 0 saturated carbocycles. The van der Waals surface area contributed by atoms with E-state index in [4.69, 9.17) is 16.0 Å². The molecule has 0 atom stereocenters. The molecule has 16 heavy (non-hydrogen) atoms. The Hall–Kier alpha value is -0.720. The maximum atomic E-state index is 8.68. The van der Waals surface area contributed by atoms with Crippen LogP contribution in [0.25, 0.3) is 0 Å². The standard InChI is InChI=1S/C10H13BrN2O2S/c11-8-6-7(10(12)13-15)2-3-9(8)16-5-1-4-14/h2-3,6,14-15H,1,4-5H2,(H2,12,13). The summed E-state index contributed by atoms with van der Waals surface area (Å²) < 4.78 is 0.902. The molecule has 1 aromatic carbocycles. The lowest BCUT2D eigenvalue weighted by Gasteiger charge is -2.05. The first kappa shape index (κ1) is 13.3. The number of hydrogen-bond acceptors (Lipinski definition) is 4. The smallest absolute Gasteiger partial charge is 0.170 e. The van der Waals surface area contributed by atoms with Crippen molar-refractivity contribution < 1.29 is 10.3 Å². The predicted octanol–water partition coefficient (Wildman–Crippen LogP) is 2.02. The average molecular weight is 305 g/mol. The van der Waals surface area contributed by atoms with Gasteiger partial charge in [-0.3, -0.25) is 0 Å². The summed E-state index contributed by atoms with van der Waals surface area (Å²) in [7, 11) is 0. The summed E-state index contributed by atoms with van der Waals surface area (Å²) in [5.41, 5.74) is 6.14. The first-order valence-electron chi connectivity index (χ1n) is 4.70. The Morgan fingerprint density at radius 3 is 2.81 bits per heavy atom. The third kappa shape index (κ3) is 3.70. The molecule has 0 fully saturated rings. The van der Waals surface area contributed by atoms with Gasteiger partial charge in [0.05, 0.1) is 0 Å². The van der Waals surface area contributed by atoms with Crippen molar-refractivity contribution in [3.63, 3.8) is 0 Å². The summed E-state index contributed by atoms with van der Waals surface area (Å²) in [5, 5.41) is 20.2. The number of nitrogens with two attached hydrogens (primary N) is 1. The van der Waals surface area contributed by atoms with Gasteiger partial charge in [0.1, 0.15) is 0 Å². The van der Waals surface area contributed by atoms with Gasteiger partial charge in [-0.05, 0) is 40.5 Å². The van der Waals surface area contributed by atoms with Gasteiger partial charge in [0.2, 0.25) is 0 Å². The zero-order valence-corrected chi connectivity index (χ0v) is 11.0. The molecule has 0 aliphatic carbocycles. The predicted molar refractivity (Wildman–Crippen MR) is 69.1 cm³/mol. The number of halogens is 1. The third-order valence-electron chi connectivity index (χ3n) is 1.90. The molecule has 0 saturated heterocycles. The molecule has 0 spiro atoms. The summed E-state index contributed by atoms with van der Waals surface area (Å²) in [4.78, 5) is 1.07. The molecule has 0 aliphatic heterocycles. The summed E-state index contributed by atoms with van der Waals surface area (Å²) >= 11 is 5.07. The van der Waals surface area contributed by atoms with Crippen molar-refractivity contribution in [3.05, 3.63) is 28.2 Å². The lowest BCUT2D eigenvalue weighted by molar-refractivity contribution is 0.296. The molecule has 0 aliphatic rings. The van der Waals surface area contributed by atoms with Crippen molar-refractivity contribution in [2.24, 2.45) is 10.9 Å². The number of oxime groups is 1. The van der Waals surface area contributed by atoms with Gasteiger partial charge in [0.25, 0.3) is 0 Å². The Balaban J connectivity index is 2.75. The van der Waals surface area contributed by atoms with Crippen LogP contribution in [0.1, 0.15) is 12.0 Å². The number of nitrogens with zero attached hydrogens (tertiary/aromatic N) is 1. The van der Waals surface area contributed by atoms with E-state index >= 15 is 0 Å². The van der Waals surface area contributed by atoms with Crippen LogP contribution in [0.4, 0.5) is 0 Å². The SMILES string of the molecule is N/C(=N/O)c1ccc(SCCCO)c(Br)c1. The molecule has 6 heteroatoms. The largest absolute Gasteiger partial charge is 0.409 e. The topological polar surface area (TPSA) is 78.8 Å². The minimum atomic E-state index is 0.0904. The highest BCUT2D eigenvalue weighted by Gasteiger charge is 2.04. The lowest BCUT2D eigenvalue weighted by Crippen LogP contribution is -2.12. The number of amidine groups is 1. The monoisotopic (exact) mass is 304 g/mol. The number of benzene rings is 1. The van der Waals surface area contributed by atoms with Gasteiger partial charge in [-0.2, -0.15) is 0 Å². The number of aliphatic hydroxyl groups is 1. The van der Waals surface area contributed by atoms with Gasteiger partial charge in [0, 0.05) is 27.3 Å². The third-order valence-corrected chi connectivity index (χ3v) is 3.97. The summed E-state index contributed by atoms with van der Waals surface area (Å²) in [6.07, 6.45) is 0.763. The molecule has 0 bridgehead atoms. The number of thioether (sulfide) groups is 1. The molecule has 4 N–H and O–H groups in total. The van der Waals surface area contributed by atoms with Gasteiger partial charge in [-0.15, -0.1) is 11.8 Å². The maximum Gasteiger partial charge on any atom is 0.170 e. The Kier molecular flexibility index (Phi) is 5.65. The average Bonchev–Trinajstić information content (AvgIpc) is 2.30. The van der Waals surface area contributed by atoms with Crippen LogP contribution in [0.3, 0.4) is 0 Å². The van der Waals surface area contributed by atoms with Crippen molar-refractivity contribution >= 4 is 33.5 Å². The van der Waals surface area contributed by atoms with Gasteiger partial charge in [0.15, 0.2) is 5.84 Å². The second-order valence-electron chi connectivity index (χ2n) is 3.06. The molecule has 4 nitrogen and oxygen atoms in total. The highest BCUT2D eigenvalue weighted by Crippen LogP contribution is 2.28. The van der Waals surface area contributed by atoms with E-state index in [1.54, 1.807) is 23.9 Å². The van der Waals surface area contributed by atoms with Crippen molar-refractivity contribution in [1.29, 1.82) is 0 Å². The maximum absolute atomic E-state index is 8.68. The van der Waals surface area contributed by atoms with Crippen LogP contribution in [0.15, 0.2) is 32.7 Å². The van der Waals surface area contributed by atoms with Gasteiger partial charge in [-0.25, -0.2) is 0 Å². The lowest BCUT2D eigenvalue weighted by atomic mass is 10.2. The van der Waals surface area contributed by atoms with Crippen molar-refractivity contribution in [1.82, 2.24) is 0 Å². The van der Waals surface area contributed by atoms with Crippen LogP contribution >= 0.6 is 27.7 Å². The first-order chi connectivity index (χ1) is 7.69. The van der Waals surface area contributed by atoms with Crippen molar-refractivity contribution in [2.75, 3.05) is 12.4 Å². The summed E-state index contributed by atoms with van der Waals surface area (Å²) in [6.45, 7) is 0.201. The first-order valence-corrected chi connectivity index (χ1v) is 6.48. The van der Waals surface area contributed by atoms with E-state index in [0.29, 0.717) is 5.56 Å². The van der Waals surface area contributed by atoms with Gasteiger partial charge in [-0.1, -0.05) is 5.16 Å². The van der Waals surface area contributed by atoms with E-state index in [-0.39, 0.29) is 12.4 Å². The quantitative estimate of drug-likeness (QED) is 0.194. The highest BCUT2D eigenvalue weighted by molar-refractivity contribution is 9.10. The van der Waals surface area contributed by atoms with E-state index in [1.807, 2.05) is 6.07 Å². The minimum Gasteiger partial charge on any atom is -0.409 e. The minimum absolute atomic E-state index is 0.0904. The summed E-state index contributed by atoms with van der Waals surface area (Å²) in [6, 6.07) is 5.50. The highest BCUT2D eigenvalue weighted by atomic mass is 79.9. The van der Waals surface area contributed by atoms with Gasteiger partial charge < -0.3 is 16.0 Å². The molecule has 0 amide bonds. The number of rotatable bonds is 5. The molecule has 88 valence electrons. The zero-order valence-electron chi connectivity index (χ0n) is 8.56. The fraction of sp³-hybridized carbons (Fsp3) is 0.300. The summed E-state index contributed by atoms with van der Waals surface area (Å²) in [5.74, 6) is 0.950. The van der Waals surface area contributed by atoms with Crippen LogP contribution in [0.2, 0.25) is 0 Å². The number of aliphatic hydroxyl groups excluding tert-OH is 1. The van der Waals surface area contributed by atoms with Crippen molar-refractivity contribution in [2.45, 2.75) is 11.3 Å². The van der Waals surface area contributed by atoms with Crippen LogP contribution in [0, 0.1) is 0 Å². The molecular formula is C10H13BrN2O2S. The van der Waals surface area contributed by atoms with E-state index in [0.717, 1.165) is 21.5 Å². The van der Waals surface area contributed by atoms with Gasteiger partial charge >= 0.3 is 0 Å². The number of hydrogen-bond donors (Lipinski definition) is 3. The van der Waals surface area contributed by atoms with Crippen molar-refractivity contribution in [3.8, 4) is 0 Å². The molecule has 0 heterocycles. The van der Waals surface area contributed by atoms with Crippen LogP contribution in [0.5, 0.6) is 0 Å². The Morgan fingerprint density at radius 1 is 1.50 bits per heavy atom. The van der Waals surface area contributed by atoms with E-state index in [1.165, 1.54) is 0 Å².